The number of hydrogen-bond donors (Lipinski definition) is 3. The van der Waals surface area contributed by atoms with Gasteiger partial charge in [-0.1, -0.05) is 24.9 Å². The molecule has 0 saturated heterocycles. The molecule has 1 aromatic rings. The number of anilines is 1. The fourth-order valence-corrected chi connectivity index (χ4v) is 1.63. The van der Waals surface area contributed by atoms with Gasteiger partial charge in [0.15, 0.2) is 0 Å². The van der Waals surface area contributed by atoms with E-state index in [0.29, 0.717) is 12.8 Å². The third-order valence-corrected chi connectivity index (χ3v) is 2.65. The van der Waals surface area contributed by atoms with Crippen molar-refractivity contribution in [1.82, 2.24) is 5.32 Å². The first-order valence-electron chi connectivity index (χ1n) is 5.69. The first kappa shape index (κ1) is 15.2. The van der Waals surface area contributed by atoms with Crippen LogP contribution >= 0.6 is 11.6 Å². The first-order valence-corrected chi connectivity index (χ1v) is 6.07. The largest absolute Gasteiger partial charge is 0.480 e. The van der Waals surface area contributed by atoms with Crippen molar-refractivity contribution in [3.63, 3.8) is 0 Å². The number of carbonyl (C=O) groups excluding carboxylic acids is 1. The number of urea groups is 1. The lowest BCUT2D eigenvalue weighted by molar-refractivity contribution is -0.139. The van der Waals surface area contributed by atoms with Crippen LogP contribution in [0.3, 0.4) is 0 Å². The van der Waals surface area contributed by atoms with E-state index < -0.39 is 23.9 Å². The second kappa shape index (κ2) is 6.94. The van der Waals surface area contributed by atoms with Crippen molar-refractivity contribution in [2.45, 2.75) is 25.8 Å². The predicted octanol–water partition coefficient (Wildman–Crippen LogP) is 2.85. The summed E-state index contributed by atoms with van der Waals surface area (Å²) in [7, 11) is 0. The lowest BCUT2D eigenvalue weighted by Crippen LogP contribution is -2.42. The van der Waals surface area contributed by atoms with Crippen LogP contribution in [0.15, 0.2) is 18.2 Å². The Kier molecular flexibility index (Phi) is 5.57. The molecule has 0 aliphatic heterocycles. The minimum Gasteiger partial charge on any atom is -0.480 e. The van der Waals surface area contributed by atoms with Crippen molar-refractivity contribution in [2.24, 2.45) is 0 Å². The second-order valence-electron chi connectivity index (χ2n) is 3.91. The maximum Gasteiger partial charge on any atom is 0.326 e. The van der Waals surface area contributed by atoms with Gasteiger partial charge in [-0.25, -0.2) is 14.0 Å². The van der Waals surface area contributed by atoms with Crippen molar-refractivity contribution in [3.05, 3.63) is 29.0 Å². The molecular formula is C12H14ClFN2O3. The van der Waals surface area contributed by atoms with E-state index >= 15 is 0 Å². The first-order chi connectivity index (χ1) is 8.93. The fraction of sp³-hybridized carbons (Fsp3) is 0.333. The van der Waals surface area contributed by atoms with E-state index in [4.69, 9.17) is 16.7 Å². The average Bonchev–Trinajstić information content (AvgIpc) is 2.33. The number of hydrogen-bond acceptors (Lipinski definition) is 2. The summed E-state index contributed by atoms with van der Waals surface area (Å²) in [5, 5.41) is 13.5. The standard InChI is InChI=1S/C12H14ClFN2O3/c1-2-3-10(11(17)18)16-12(19)15-7-4-5-9(14)8(13)6-7/h4-6,10H,2-3H2,1H3,(H,17,18)(H2,15,16,19)/t10-/m0/s1. The number of carboxylic acid groups (broad SMARTS) is 1. The minimum atomic E-state index is -1.10. The number of carboxylic acids is 1. The van der Waals surface area contributed by atoms with Crippen LogP contribution in [-0.2, 0) is 4.79 Å². The monoisotopic (exact) mass is 288 g/mol. The Hall–Kier alpha value is -1.82. The highest BCUT2D eigenvalue weighted by Crippen LogP contribution is 2.19. The topological polar surface area (TPSA) is 78.4 Å². The summed E-state index contributed by atoms with van der Waals surface area (Å²) in [6.45, 7) is 1.81. The number of aliphatic carboxylic acids is 1. The summed E-state index contributed by atoms with van der Waals surface area (Å²) in [6.07, 6.45) is 0.951. The van der Waals surface area contributed by atoms with Crippen molar-refractivity contribution >= 4 is 29.3 Å². The average molecular weight is 289 g/mol. The van der Waals surface area contributed by atoms with Gasteiger partial charge in [-0.3, -0.25) is 0 Å². The fourth-order valence-electron chi connectivity index (χ4n) is 1.45. The quantitative estimate of drug-likeness (QED) is 0.779. The molecule has 0 spiro atoms. The second-order valence-corrected chi connectivity index (χ2v) is 4.31. The highest BCUT2D eigenvalue weighted by molar-refractivity contribution is 6.31. The van der Waals surface area contributed by atoms with Crippen LogP contribution in [0.2, 0.25) is 5.02 Å². The van der Waals surface area contributed by atoms with Crippen LogP contribution in [0.1, 0.15) is 19.8 Å². The summed E-state index contributed by atoms with van der Waals surface area (Å²) in [6, 6.07) is 2.05. The lowest BCUT2D eigenvalue weighted by Gasteiger charge is -2.14. The molecule has 104 valence electrons. The van der Waals surface area contributed by atoms with Gasteiger partial charge in [0.25, 0.3) is 0 Å². The Labute approximate surface area is 114 Å². The maximum absolute atomic E-state index is 12.9. The van der Waals surface area contributed by atoms with Crippen LogP contribution in [0.25, 0.3) is 0 Å². The molecule has 0 aliphatic rings. The van der Waals surface area contributed by atoms with Gasteiger partial charge in [0.2, 0.25) is 0 Å². The number of benzene rings is 1. The van der Waals surface area contributed by atoms with Crippen molar-refractivity contribution in [1.29, 1.82) is 0 Å². The van der Waals surface area contributed by atoms with Crippen LogP contribution < -0.4 is 10.6 Å². The van der Waals surface area contributed by atoms with Crippen molar-refractivity contribution < 1.29 is 19.1 Å². The molecule has 1 atom stereocenters. The maximum atomic E-state index is 12.9. The number of carbonyl (C=O) groups is 2. The summed E-state index contributed by atoms with van der Waals surface area (Å²) < 4.78 is 12.9. The normalized spacial score (nSPS) is 11.7. The highest BCUT2D eigenvalue weighted by Gasteiger charge is 2.18. The van der Waals surface area contributed by atoms with Gasteiger partial charge in [-0.05, 0) is 24.6 Å². The van der Waals surface area contributed by atoms with E-state index in [2.05, 4.69) is 10.6 Å². The SMILES string of the molecule is CCC[C@H](NC(=O)Nc1ccc(F)c(Cl)c1)C(=O)O. The molecule has 19 heavy (non-hydrogen) atoms. The molecule has 0 aromatic heterocycles. The summed E-state index contributed by atoms with van der Waals surface area (Å²) in [5.41, 5.74) is 0.282. The Morgan fingerprint density at radius 2 is 2.16 bits per heavy atom. The molecular weight excluding hydrogens is 275 g/mol. The van der Waals surface area contributed by atoms with Crippen LogP contribution in [0, 0.1) is 5.82 Å². The lowest BCUT2D eigenvalue weighted by atomic mass is 10.2. The van der Waals surface area contributed by atoms with Gasteiger partial charge in [0, 0.05) is 5.69 Å². The molecule has 0 saturated carbocycles. The van der Waals surface area contributed by atoms with Crippen molar-refractivity contribution in [2.75, 3.05) is 5.32 Å². The molecule has 0 heterocycles. The molecule has 0 unspecified atom stereocenters. The number of halogens is 2. The van der Waals surface area contributed by atoms with E-state index in [1.54, 1.807) is 0 Å². The minimum absolute atomic E-state index is 0.124. The van der Waals surface area contributed by atoms with Crippen LogP contribution in [-0.4, -0.2) is 23.1 Å². The third-order valence-electron chi connectivity index (χ3n) is 2.36. The smallest absolute Gasteiger partial charge is 0.326 e. The van der Waals surface area contributed by atoms with E-state index in [1.165, 1.54) is 12.1 Å². The van der Waals surface area contributed by atoms with Gasteiger partial charge in [0.05, 0.1) is 5.02 Å². The van der Waals surface area contributed by atoms with Gasteiger partial charge in [-0.2, -0.15) is 0 Å². The molecule has 1 rings (SSSR count). The molecule has 0 aliphatic carbocycles. The molecule has 0 fully saturated rings. The van der Waals surface area contributed by atoms with E-state index in [-0.39, 0.29) is 10.7 Å². The Bertz CT molecular complexity index is 482. The number of amides is 2. The molecule has 5 nitrogen and oxygen atoms in total. The van der Waals surface area contributed by atoms with Gasteiger partial charge in [-0.15, -0.1) is 0 Å². The molecule has 1 aromatic carbocycles. The van der Waals surface area contributed by atoms with Crippen LogP contribution in [0.4, 0.5) is 14.9 Å². The van der Waals surface area contributed by atoms with Crippen molar-refractivity contribution in [3.8, 4) is 0 Å². The zero-order valence-electron chi connectivity index (χ0n) is 10.2. The predicted molar refractivity (Wildman–Crippen MR) is 69.9 cm³/mol. The summed E-state index contributed by atoms with van der Waals surface area (Å²) >= 11 is 5.56. The van der Waals surface area contributed by atoms with Gasteiger partial charge in [0.1, 0.15) is 11.9 Å². The van der Waals surface area contributed by atoms with Gasteiger partial charge < -0.3 is 15.7 Å². The summed E-state index contributed by atoms with van der Waals surface area (Å²) in [4.78, 5) is 22.4. The molecule has 0 radical (unpaired) electrons. The van der Waals surface area contributed by atoms with Crippen LogP contribution in [0.5, 0.6) is 0 Å². The summed E-state index contributed by atoms with van der Waals surface area (Å²) in [5.74, 6) is -1.70. The molecule has 0 bridgehead atoms. The zero-order valence-corrected chi connectivity index (χ0v) is 11.0. The Balaban J connectivity index is 2.63. The Morgan fingerprint density at radius 3 is 2.68 bits per heavy atom. The molecule has 7 heteroatoms. The third kappa shape index (κ3) is 4.75. The highest BCUT2D eigenvalue weighted by atomic mass is 35.5. The Morgan fingerprint density at radius 1 is 1.47 bits per heavy atom. The van der Waals surface area contributed by atoms with Gasteiger partial charge >= 0.3 is 12.0 Å². The number of nitrogens with one attached hydrogen (secondary N) is 2. The van der Waals surface area contributed by atoms with E-state index in [0.717, 1.165) is 6.07 Å². The molecule has 3 N–H and O–H groups in total. The van der Waals surface area contributed by atoms with E-state index in [9.17, 15) is 14.0 Å². The zero-order chi connectivity index (χ0) is 14.4. The number of rotatable bonds is 5. The molecule has 2 amide bonds. The van der Waals surface area contributed by atoms with E-state index in [1.807, 2.05) is 6.92 Å².